The van der Waals surface area contributed by atoms with Gasteiger partial charge in [0.25, 0.3) is 5.69 Å². The predicted molar refractivity (Wildman–Crippen MR) is 82.7 cm³/mol. The van der Waals surface area contributed by atoms with Crippen LogP contribution in [0.15, 0.2) is 29.4 Å². The zero-order valence-electron chi connectivity index (χ0n) is 12.1. The molecule has 1 aromatic carbocycles. The molecule has 0 aliphatic carbocycles. The molecule has 0 bridgehead atoms. The minimum Gasteiger partial charge on any atom is -0.363 e. The predicted octanol–water partition coefficient (Wildman–Crippen LogP) is 3.62. The number of oxime groups is 1. The number of hydrogen-bond acceptors (Lipinski definition) is 5. The van der Waals surface area contributed by atoms with Gasteiger partial charge in [-0.25, -0.2) is 0 Å². The molecule has 114 valence electrons. The van der Waals surface area contributed by atoms with E-state index in [9.17, 15) is 10.1 Å². The Morgan fingerprint density at radius 3 is 2.48 bits per heavy atom. The molecule has 0 spiro atoms. The van der Waals surface area contributed by atoms with Crippen LogP contribution in [0.1, 0.15) is 32.8 Å². The van der Waals surface area contributed by atoms with Crippen LogP contribution in [0.2, 0.25) is 0 Å². The molecule has 0 saturated heterocycles. The molecule has 2 atom stereocenters. The third-order valence-corrected chi connectivity index (χ3v) is 3.63. The van der Waals surface area contributed by atoms with Crippen molar-refractivity contribution in [3.05, 3.63) is 39.9 Å². The Morgan fingerprint density at radius 2 is 2.00 bits per heavy atom. The molecule has 7 heteroatoms. The Balaban J connectivity index is 2.12. The summed E-state index contributed by atoms with van der Waals surface area (Å²) in [7, 11) is 0. The molecule has 21 heavy (non-hydrogen) atoms. The van der Waals surface area contributed by atoms with Gasteiger partial charge in [-0.15, -0.1) is 0 Å². The summed E-state index contributed by atoms with van der Waals surface area (Å²) in [6.45, 7) is 5.86. The second kappa shape index (κ2) is 6.11. The zero-order chi connectivity index (χ0) is 15.6. The van der Waals surface area contributed by atoms with Crippen molar-refractivity contribution in [2.75, 3.05) is 0 Å². The number of rotatable bonds is 3. The fraction of sp³-hybridized carbons (Fsp3) is 0.500. The van der Waals surface area contributed by atoms with Crippen LogP contribution in [0, 0.1) is 10.1 Å². The minimum atomic E-state index is -0.429. The van der Waals surface area contributed by atoms with Crippen LogP contribution in [0.5, 0.6) is 0 Å². The molecule has 1 aliphatic rings. The van der Waals surface area contributed by atoms with E-state index in [4.69, 9.17) is 9.57 Å². The van der Waals surface area contributed by atoms with Gasteiger partial charge in [0.2, 0.25) is 6.29 Å². The number of hydrogen-bond donors (Lipinski definition) is 0. The summed E-state index contributed by atoms with van der Waals surface area (Å²) >= 11 is 3.56. The standard InChI is InChI=1S/C14H17BrN2O4/c1-14(2,3)20-12-8-11(15)13(16-21-12)9-4-6-10(7-5-9)17(18)19/h4-7,11-12H,8H2,1-3H3/t11-,12-/m0/s1. The number of nitrogens with zero attached hydrogens (tertiary/aromatic N) is 2. The molecule has 1 aromatic rings. The van der Waals surface area contributed by atoms with Gasteiger partial charge in [0.05, 0.1) is 15.4 Å². The number of nitro groups is 1. The molecule has 2 rings (SSSR count). The van der Waals surface area contributed by atoms with E-state index < -0.39 is 11.2 Å². The van der Waals surface area contributed by atoms with Gasteiger partial charge in [-0.1, -0.05) is 21.1 Å². The molecule has 0 saturated carbocycles. The van der Waals surface area contributed by atoms with Gasteiger partial charge in [-0.2, -0.15) is 0 Å². The highest BCUT2D eigenvalue weighted by atomic mass is 79.9. The second-order valence-corrected chi connectivity index (χ2v) is 6.85. The van der Waals surface area contributed by atoms with Gasteiger partial charge in [0.1, 0.15) is 5.71 Å². The lowest BCUT2D eigenvalue weighted by Crippen LogP contribution is -2.35. The SMILES string of the molecule is CC(C)(C)O[C@@H]1C[C@H](Br)C(c2ccc([N+](=O)[O-])cc2)=NO1. The smallest absolute Gasteiger partial charge is 0.269 e. The number of alkyl halides is 1. The summed E-state index contributed by atoms with van der Waals surface area (Å²) in [6, 6.07) is 6.24. The van der Waals surface area contributed by atoms with Gasteiger partial charge in [-0.3, -0.25) is 10.1 Å². The topological polar surface area (TPSA) is 74.0 Å². The molecule has 0 N–H and O–H groups in total. The summed E-state index contributed by atoms with van der Waals surface area (Å²) in [5.41, 5.74) is 1.24. The number of ether oxygens (including phenoxy) is 1. The van der Waals surface area contributed by atoms with Crippen molar-refractivity contribution in [3.63, 3.8) is 0 Å². The van der Waals surface area contributed by atoms with Crippen molar-refractivity contribution in [2.24, 2.45) is 5.16 Å². The minimum absolute atomic E-state index is 0.0277. The summed E-state index contributed by atoms with van der Waals surface area (Å²) < 4.78 is 5.74. The highest BCUT2D eigenvalue weighted by molar-refractivity contribution is 9.10. The lowest BCUT2D eigenvalue weighted by atomic mass is 10.0. The van der Waals surface area contributed by atoms with Crippen LogP contribution in [0.4, 0.5) is 5.69 Å². The van der Waals surface area contributed by atoms with Crippen molar-refractivity contribution in [3.8, 4) is 0 Å². The molecule has 1 heterocycles. The van der Waals surface area contributed by atoms with Gasteiger partial charge in [-0.05, 0) is 32.9 Å². The van der Waals surface area contributed by atoms with Crippen molar-refractivity contribution in [2.45, 2.75) is 43.9 Å². The van der Waals surface area contributed by atoms with E-state index in [1.807, 2.05) is 20.8 Å². The summed E-state index contributed by atoms with van der Waals surface area (Å²) in [5.74, 6) is 0. The van der Waals surface area contributed by atoms with E-state index in [2.05, 4.69) is 21.1 Å². The molecule has 0 amide bonds. The highest BCUT2D eigenvalue weighted by Gasteiger charge is 2.30. The van der Waals surface area contributed by atoms with Crippen LogP contribution in [-0.4, -0.2) is 27.4 Å². The molecule has 0 radical (unpaired) electrons. The molecule has 0 unspecified atom stereocenters. The van der Waals surface area contributed by atoms with Gasteiger partial charge < -0.3 is 9.57 Å². The van der Waals surface area contributed by atoms with Crippen molar-refractivity contribution >= 4 is 27.3 Å². The number of halogens is 1. The Bertz CT molecular complexity index is 551. The first-order valence-electron chi connectivity index (χ1n) is 6.57. The van der Waals surface area contributed by atoms with Gasteiger partial charge in [0.15, 0.2) is 0 Å². The first-order valence-corrected chi connectivity index (χ1v) is 7.48. The third-order valence-electron chi connectivity index (χ3n) is 2.82. The van der Waals surface area contributed by atoms with Crippen LogP contribution < -0.4 is 0 Å². The molecule has 1 aliphatic heterocycles. The number of benzene rings is 1. The number of non-ortho nitro benzene ring substituents is 1. The number of nitro benzene ring substituents is 1. The van der Waals surface area contributed by atoms with E-state index in [1.54, 1.807) is 12.1 Å². The highest BCUT2D eigenvalue weighted by Crippen LogP contribution is 2.26. The van der Waals surface area contributed by atoms with Crippen LogP contribution in [0.25, 0.3) is 0 Å². The fourth-order valence-electron chi connectivity index (χ4n) is 1.95. The van der Waals surface area contributed by atoms with Crippen molar-refractivity contribution in [1.82, 2.24) is 0 Å². The fourth-order valence-corrected chi connectivity index (χ4v) is 2.60. The Hall–Kier alpha value is -1.47. The lowest BCUT2D eigenvalue weighted by molar-refractivity contribution is -0.384. The third kappa shape index (κ3) is 4.25. The lowest BCUT2D eigenvalue weighted by Gasteiger charge is -2.30. The quantitative estimate of drug-likeness (QED) is 0.470. The van der Waals surface area contributed by atoms with Crippen LogP contribution in [-0.2, 0) is 9.57 Å². The van der Waals surface area contributed by atoms with E-state index in [0.717, 1.165) is 5.56 Å². The first kappa shape index (κ1) is 15.9. The summed E-state index contributed by atoms with van der Waals surface area (Å²) in [4.78, 5) is 15.6. The average molecular weight is 357 g/mol. The molecule has 0 aromatic heterocycles. The first-order chi connectivity index (χ1) is 9.76. The van der Waals surface area contributed by atoms with E-state index in [0.29, 0.717) is 12.1 Å². The monoisotopic (exact) mass is 356 g/mol. The van der Waals surface area contributed by atoms with E-state index in [-0.39, 0.29) is 16.1 Å². The van der Waals surface area contributed by atoms with Crippen LogP contribution in [0.3, 0.4) is 0 Å². The Morgan fingerprint density at radius 1 is 1.38 bits per heavy atom. The van der Waals surface area contributed by atoms with Crippen molar-refractivity contribution in [1.29, 1.82) is 0 Å². The second-order valence-electron chi connectivity index (χ2n) is 5.75. The molecule has 6 nitrogen and oxygen atoms in total. The maximum Gasteiger partial charge on any atom is 0.269 e. The van der Waals surface area contributed by atoms with Crippen molar-refractivity contribution < 1.29 is 14.5 Å². The summed E-state index contributed by atoms with van der Waals surface area (Å²) in [5, 5.41) is 14.7. The molecular weight excluding hydrogens is 340 g/mol. The van der Waals surface area contributed by atoms with Gasteiger partial charge >= 0.3 is 0 Å². The summed E-state index contributed by atoms with van der Waals surface area (Å²) in [6.07, 6.45) is 0.212. The normalized spacial score (nSPS) is 22.4. The van der Waals surface area contributed by atoms with Gasteiger partial charge in [0, 0.05) is 24.1 Å². The molecule has 0 fully saturated rings. The largest absolute Gasteiger partial charge is 0.363 e. The maximum absolute atomic E-state index is 10.7. The molecular formula is C14H17BrN2O4. The van der Waals surface area contributed by atoms with E-state index >= 15 is 0 Å². The zero-order valence-corrected chi connectivity index (χ0v) is 13.7. The maximum atomic E-state index is 10.7. The van der Waals surface area contributed by atoms with E-state index in [1.165, 1.54) is 12.1 Å². The Labute approximate surface area is 131 Å². The average Bonchev–Trinajstić information content (AvgIpc) is 2.37. The van der Waals surface area contributed by atoms with Crippen LogP contribution >= 0.6 is 15.9 Å². The Kier molecular flexibility index (Phi) is 4.63.